The van der Waals surface area contributed by atoms with Gasteiger partial charge in [0.15, 0.2) is 0 Å². The third kappa shape index (κ3) is 3.10. The van der Waals surface area contributed by atoms with Crippen molar-refractivity contribution in [2.24, 2.45) is 0 Å². The van der Waals surface area contributed by atoms with Crippen molar-refractivity contribution >= 4 is 23.2 Å². The number of hydrogen-bond acceptors (Lipinski definition) is 5. The average Bonchev–Trinajstić information content (AvgIpc) is 2.97. The molecule has 0 spiro atoms. The van der Waals surface area contributed by atoms with E-state index in [-0.39, 0.29) is 18.1 Å². The van der Waals surface area contributed by atoms with Crippen molar-refractivity contribution in [1.29, 1.82) is 0 Å². The Morgan fingerprint density at radius 3 is 2.62 bits per heavy atom. The van der Waals surface area contributed by atoms with Crippen molar-refractivity contribution in [1.82, 2.24) is 14.3 Å². The fraction of sp³-hybridized carbons (Fsp3) is 0.182. The van der Waals surface area contributed by atoms with Crippen molar-refractivity contribution in [3.05, 3.63) is 88.0 Å². The second-order valence-corrected chi connectivity index (χ2v) is 6.92. The van der Waals surface area contributed by atoms with Crippen molar-refractivity contribution in [2.75, 3.05) is 0 Å². The van der Waals surface area contributed by atoms with Gasteiger partial charge in [-0.15, -0.1) is 0 Å². The molecule has 2 aromatic heterocycles. The number of fused-ring (bicyclic) bond motifs is 2. The van der Waals surface area contributed by atoms with E-state index in [0.717, 1.165) is 5.56 Å². The van der Waals surface area contributed by atoms with Gasteiger partial charge in [-0.05, 0) is 31.5 Å². The number of pyridine rings is 1. The van der Waals surface area contributed by atoms with Crippen LogP contribution in [0.15, 0.2) is 60.0 Å². The van der Waals surface area contributed by atoms with Crippen LogP contribution < -0.4 is 5.56 Å². The summed E-state index contributed by atoms with van der Waals surface area (Å²) in [6.45, 7) is 7.22. The molecular weight excluding hydrogens is 370 g/mol. The molecule has 3 aromatic rings. The monoisotopic (exact) mass is 389 g/mol. The smallest absolute Gasteiger partial charge is 0.329 e. The lowest BCUT2D eigenvalue weighted by molar-refractivity contribution is -0.148. The van der Waals surface area contributed by atoms with Crippen LogP contribution in [0.25, 0.3) is 11.3 Å². The van der Waals surface area contributed by atoms with Crippen molar-refractivity contribution in [2.45, 2.75) is 26.5 Å². The van der Waals surface area contributed by atoms with Gasteiger partial charge < -0.3 is 4.74 Å². The van der Waals surface area contributed by atoms with Gasteiger partial charge in [0.05, 0.1) is 5.69 Å². The van der Waals surface area contributed by atoms with Gasteiger partial charge in [0.25, 0.3) is 11.5 Å². The Morgan fingerprint density at radius 1 is 1.17 bits per heavy atom. The molecule has 1 amide bonds. The van der Waals surface area contributed by atoms with E-state index in [2.05, 4.69) is 11.6 Å². The van der Waals surface area contributed by atoms with E-state index in [0.29, 0.717) is 28.2 Å². The van der Waals surface area contributed by atoms with E-state index in [1.165, 1.54) is 15.4 Å². The van der Waals surface area contributed by atoms with Crippen LogP contribution in [0.1, 0.15) is 34.1 Å². The van der Waals surface area contributed by atoms with Gasteiger partial charge in [0, 0.05) is 29.1 Å². The van der Waals surface area contributed by atoms with Gasteiger partial charge in [-0.1, -0.05) is 30.8 Å². The van der Waals surface area contributed by atoms with Crippen LogP contribution in [0, 0.1) is 6.92 Å². The summed E-state index contributed by atoms with van der Waals surface area (Å²) in [5.74, 6) is -0.883. The quantitative estimate of drug-likeness (QED) is 0.641. The molecule has 29 heavy (non-hydrogen) atoms. The van der Waals surface area contributed by atoms with Gasteiger partial charge in [0.1, 0.15) is 18.3 Å². The van der Waals surface area contributed by atoms with Crippen molar-refractivity contribution in [3.63, 3.8) is 0 Å². The summed E-state index contributed by atoms with van der Waals surface area (Å²) in [4.78, 5) is 43.3. The summed E-state index contributed by atoms with van der Waals surface area (Å²) in [5.41, 5.74) is 3.12. The van der Waals surface area contributed by atoms with Crippen LogP contribution in [0.4, 0.5) is 0 Å². The Balaban J connectivity index is 1.51. The SMILES string of the molecule is C=C1c2ccccc2C(=O)N1C(C)C(=O)OCc1cc(=O)n2cccc(C)c2n1. The Bertz CT molecular complexity index is 1190. The molecule has 4 rings (SSSR count). The molecule has 0 aliphatic carbocycles. The molecule has 0 saturated heterocycles. The van der Waals surface area contributed by atoms with Gasteiger partial charge >= 0.3 is 5.97 Å². The second-order valence-electron chi connectivity index (χ2n) is 6.92. The highest BCUT2D eigenvalue weighted by Gasteiger charge is 2.37. The van der Waals surface area contributed by atoms with E-state index in [9.17, 15) is 14.4 Å². The number of aryl methyl sites for hydroxylation is 1. The topological polar surface area (TPSA) is 81.0 Å². The molecule has 0 saturated carbocycles. The maximum absolute atomic E-state index is 12.7. The number of carbonyl (C=O) groups excluding carboxylic acids is 2. The Morgan fingerprint density at radius 2 is 1.90 bits per heavy atom. The molecule has 7 heteroatoms. The predicted octanol–water partition coefficient (Wildman–Crippen LogP) is 2.56. The van der Waals surface area contributed by atoms with Gasteiger partial charge in [0.2, 0.25) is 0 Å². The van der Waals surface area contributed by atoms with Crippen LogP contribution in [0.5, 0.6) is 0 Å². The largest absolute Gasteiger partial charge is 0.458 e. The number of ether oxygens (including phenoxy) is 1. The minimum absolute atomic E-state index is 0.162. The highest BCUT2D eigenvalue weighted by Crippen LogP contribution is 2.33. The number of benzene rings is 1. The summed E-state index contributed by atoms with van der Waals surface area (Å²) in [6.07, 6.45) is 1.64. The van der Waals surface area contributed by atoms with E-state index in [4.69, 9.17) is 4.74 Å². The van der Waals surface area contributed by atoms with Crippen LogP contribution in [0.3, 0.4) is 0 Å². The zero-order chi connectivity index (χ0) is 20.7. The molecule has 3 heterocycles. The highest BCUT2D eigenvalue weighted by atomic mass is 16.5. The van der Waals surface area contributed by atoms with Crippen LogP contribution in [-0.4, -0.2) is 32.2 Å². The first-order valence-corrected chi connectivity index (χ1v) is 9.15. The Kier molecular flexibility index (Phi) is 4.50. The highest BCUT2D eigenvalue weighted by molar-refractivity contribution is 6.10. The lowest BCUT2D eigenvalue weighted by Gasteiger charge is -2.23. The molecule has 0 fully saturated rings. The number of rotatable bonds is 4. The van der Waals surface area contributed by atoms with E-state index >= 15 is 0 Å². The molecule has 1 atom stereocenters. The fourth-order valence-electron chi connectivity index (χ4n) is 3.47. The number of aromatic nitrogens is 2. The van der Waals surface area contributed by atoms with E-state index in [1.54, 1.807) is 37.4 Å². The Labute approximate surface area is 166 Å². The number of hydrogen-bond donors (Lipinski definition) is 0. The molecule has 7 nitrogen and oxygen atoms in total. The number of nitrogens with zero attached hydrogens (tertiary/aromatic N) is 3. The van der Waals surface area contributed by atoms with Crippen LogP contribution in [-0.2, 0) is 16.1 Å². The summed E-state index contributed by atoms with van der Waals surface area (Å²) < 4.78 is 6.79. The maximum atomic E-state index is 12.7. The average molecular weight is 389 g/mol. The molecule has 1 aliphatic heterocycles. The summed E-state index contributed by atoms with van der Waals surface area (Å²) in [5, 5.41) is 0. The van der Waals surface area contributed by atoms with Gasteiger partial charge in [-0.3, -0.25) is 18.9 Å². The first kappa shape index (κ1) is 18.6. The molecule has 0 radical (unpaired) electrons. The molecule has 1 aliphatic rings. The van der Waals surface area contributed by atoms with Gasteiger partial charge in [-0.25, -0.2) is 9.78 Å². The first-order chi connectivity index (χ1) is 13.9. The lowest BCUT2D eigenvalue weighted by Crippen LogP contribution is -2.39. The second kappa shape index (κ2) is 7.01. The molecule has 146 valence electrons. The third-order valence-corrected chi connectivity index (χ3v) is 5.01. The van der Waals surface area contributed by atoms with E-state index in [1.807, 2.05) is 19.1 Å². The third-order valence-electron chi connectivity index (χ3n) is 5.01. The van der Waals surface area contributed by atoms with Gasteiger partial charge in [-0.2, -0.15) is 0 Å². The Hall–Kier alpha value is -3.74. The normalized spacial score (nSPS) is 14.2. The molecule has 1 unspecified atom stereocenters. The lowest BCUT2D eigenvalue weighted by atomic mass is 10.1. The van der Waals surface area contributed by atoms with E-state index < -0.39 is 12.0 Å². The fourth-order valence-corrected chi connectivity index (χ4v) is 3.47. The standard InChI is InChI=1S/C22H19N3O4/c1-13-7-6-10-24-19(26)11-16(23-20(13)24)12-29-22(28)15(3)25-14(2)17-8-4-5-9-18(17)21(25)27/h4-11,15H,2,12H2,1,3H3. The molecule has 0 N–H and O–H groups in total. The van der Waals surface area contributed by atoms with Crippen LogP contribution in [0.2, 0.25) is 0 Å². The predicted molar refractivity (Wildman–Crippen MR) is 107 cm³/mol. The number of amides is 1. The molecule has 0 bridgehead atoms. The first-order valence-electron chi connectivity index (χ1n) is 9.15. The molecular formula is C22H19N3O4. The minimum Gasteiger partial charge on any atom is -0.458 e. The zero-order valence-electron chi connectivity index (χ0n) is 16.1. The van der Waals surface area contributed by atoms with Crippen molar-refractivity contribution < 1.29 is 14.3 Å². The maximum Gasteiger partial charge on any atom is 0.329 e. The zero-order valence-corrected chi connectivity index (χ0v) is 16.1. The summed E-state index contributed by atoms with van der Waals surface area (Å²) in [7, 11) is 0. The number of carbonyl (C=O) groups is 2. The summed E-state index contributed by atoms with van der Waals surface area (Å²) >= 11 is 0. The summed E-state index contributed by atoms with van der Waals surface area (Å²) in [6, 6.07) is 11.2. The minimum atomic E-state index is -0.856. The number of esters is 1. The van der Waals surface area contributed by atoms with Crippen LogP contribution >= 0.6 is 0 Å². The van der Waals surface area contributed by atoms with Crippen molar-refractivity contribution in [3.8, 4) is 0 Å². The molecule has 1 aromatic carbocycles.